The summed E-state index contributed by atoms with van der Waals surface area (Å²) in [4.78, 5) is 14.2. The Bertz CT molecular complexity index is 257. The van der Waals surface area contributed by atoms with Crippen LogP contribution in [0.25, 0.3) is 0 Å². The van der Waals surface area contributed by atoms with Gasteiger partial charge in [0.25, 0.3) is 0 Å². The molecule has 2 aliphatic heterocycles. The number of hydrogen-bond donors (Lipinski definition) is 1. The molecule has 0 bridgehead atoms. The van der Waals surface area contributed by atoms with E-state index in [0.29, 0.717) is 25.2 Å². The molecule has 2 fully saturated rings. The normalized spacial score (nSPS) is 41.1. The highest BCUT2D eigenvalue weighted by Crippen LogP contribution is 2.26. The Morgan fingerprint density at radius 3 is 2.60 bits per heavy atom. The maximum absolute atomic E-state index is 12.2. The molecule has 4 nitrogen and oxygen atoms in total. The SMILES string of the molecule is CC1CC(C)N(C(=O)C2COCC2N)C1. The Labute approximate surface area is 90.8 Å². The predicted octanol–water partition coefficient (Wildman–Crippen LogP) is 0.217. The van der Waals surface area contributed by atoms with Crippen molar-refractivity contribution in [2.24, 2.45) is 17.6 Å². The van der Waals surface area contributed by atoms with Gasteiger partial charge in [-0.2, -0.15) is 0 Å². The van der Waals surface area contributed by atoms with E-state index >= 15 is 0 Å². The maximum Gasteiger partial charge on any atom is 0.229 e. The summed E-state index contributed by atoms with van der Waals surface area (Å²) >= 11 is 0. The Hall–Kier alpha value is -0.610. The molecule has 2 saturated heterocycles. The van der Waals surface area contributed by atoms with E-state index in [1.807, 2.05) is 4.90 Å². The lowest BCUT2D eigenvalue weighted by Crippen LogP contribution is -2.45. The van der Waals surface area contributed by atoms with Gasteiger partial charge in [-0.05, 0) is 19.3 Å². The maximum atomic E-state index is 12.2. The highest BCUT2D eigenvalue weighted by molar-refractivity contribution is 5.80. The monoisotopic (exact) mass is 212 g/mol. The fourth-order valence-corrected chi connectivity index (χ4v) is 2.65. The topological polar surface area (TPSA) is 55.6 Å². The molecule has 0 saturated carbocycles. The number of nitrogens with zero attached hydrogens (tertiary/aromatic N) is 1. The smallest absolute Gasteiger partial charge is 0.229 e. The third-order valence-corrected chi connectivity index (χ3v) is 3.51. The molecule has 4 atom stereocenters. The van der Waals surface area contributed by atoms with E-state index in [1.54, 1.807) is 0 Å². The zero-order valence-corrected chi connectivity index (χ0v) is 9.48. The fraction of sp³-hybridized carbons (Fsp3) is 0.909. The van der Waals surface area contributed by atoms with Crippen molar-refractivity contribution in [2.75, 3.05) is 19.8 Å². The van der Waals surface area contributed by atoms with Gasteiger partial charge in [-0.25, -0.2) is 0 Å². The van der Waals surface area contributed by atoms with Gasteiger partial charge in [0.2, 0.25) is 5.91 Å². The molecular formula is C11H20N2O2. The first-order valence-electron chi connectivity index (χ1n) is 5.73. The van der Waals surface area contributed by atoms with Gasteiger partial charge in [-0.3, -0.25) is 4.79 Å². The third kappa shape index (κ3) is 2.01. The lowest BCUT2D eigenvalue weighted by Gasteiger charge is -2.25. The lowest BCUT2D eigenvalue weighted by molar-refractivity contribution is -0.136. The molecule has 4 heteroatoms. The van der Waals surface area contributed by atoms with E-state index in [4.69, 9.17) is 10.5 Å². The summed E-state index contributed by atoms with van der Waals surface area (Å²) in [7, 11) is 0. The van der Waals surface area contributed by atoms with Gasteiger partial charge in [0.1, 0.15) is 0 Å². The summed E-state index contributed by atoms with van der Waals surface area (Å²) in [6.07, 6.45) is 1.11. The number of likely N-dealkylation sites (tertiary alicyclic amines) is 1. The van der Waals surface area contributed by atoms with Crippen LogP contribution in [0.4, 0.5) is 0 Å². The molecule has 0 spiro atoms. The average molecular weight is 212 g/mol. The second-order valence-corrected chi connectivity index (χ2v) is 4.99. The molecule has 2 aliphatic rings. The number of carbonyl (C=O) groups is 1. The van der Waals surface area contributed by atoms with Crippen LogP contribution in [0.15, 0.2) is 0 Å². The molecule has 2 N–H and O–H groups in total. The minimum atomic E-state index is -0.113. The summed E-state index contributed by atoms with van der Waals surface area (Å²) in [6.45, 7) is 6.20. The molecule has 0 aromatic rings. The van der Waals surface area contributed by atoms with E-state index < -0.39 is 0 Å². The quantitative estimate of drug-likeness (QED) is 0.676. The third-order valence-electron chi connectivity index (χ3n) is 3.51. The first kappa shape index (κ1) is 10.9. The van der Waals surface area contributed by atoms with Crippen molar-refractivity contribution in [3.63, 3.8) is 0 Å². The van der Waals surface area contributed by atoms with Gasteiger partial charge in [-0.15, -0.1) is 0 Å². The van der Waals surface area contributed by atoms with E-state index in [2.05, 4.69) is 13.8 Å². The van der Waals surface area contributed by atoms with Gasteiger partial charge in [0.05, 0.1) is 19.1 Å². The Kier molecular flexibility index (Phi) is 2.98. The van der Waals surface area contributed by atoms with Crippen molar-refractivity contribution in [2.45, 2.75) is 32.4 Å². The summed E-state index contributed by atoms with van der Waals surface area (Å²) < 4.78 is 5.24. The highest BCUT2D eigenvalue weighted by atomic mass is 16.5. The largest absolute Gasteiger partial charge is 0.379 e. The van der Waals surface area contributed by atoms with Crippen LogP contribution in [-0.2, 0) is 9.53 Å². The Balaban J connectivity index is 2.01. The number of rotatable bonds is 1. The van der Waals surface area contributed by atoms with Crippen LogP contribution >= 0.6 is 0 Å². The van der Waals surface area contributed by atoms with Gasteiger partial charge in [0, 0.05) is 18.6 Å². The molecular weight excluding hydrogens is 192 g/mol. The minimum Gasteiger partial charge on any atom is -0.379 e. The van der Waals surface area contributed by atoms with Crippen molar-refractivity contribution >= 4 is 5.91 Å². The van der Waals surface area contributed by atoms with Crippen molar-refractivity contribution in [1.29, 1.82) is 0 Å². The van der Waals surface area contributed by atoms with Crippen molar-refractivity contribution in [3.8, 4) is 0 Å². The first-order chi connectivity index (χ1) is 7.09. The molecule has 15 heavy (non-hydrogen) atoms. The van der Waals surface area contributed by atoms with Crippen LogP contribution in [0.2, 0.25) is 0 Å². The van der Waals surface area contributed by atoms with Gasteiger partial charge in [0.15, 0.2) is 0 Å². The molecule has 86 valence electrons. The number of nitrogens with two attached hydrogens (primary N) is 1. The molecule has 0 radical (unpaired) electrons. The molecule has 4 unspecified atom stereocenters. The molecule has 1 amide bonds. The molecule has 0 aromatic heterocycles. The van der Waals surface area contributed by atoms with Crippen LogP contribution in [0.5, 0.6) is 0 Å². The summed E-state index contributed by atoms with van der Waals surface area (Å²) in [5, 5.41) is 0. The average Bonchev–Trinajstić information content (AvgIpc) is 2.71. The summed E-state index contributed by atoms with van der Waals surface area (Å²) in [6, 6.07) is 0.251. The van der Waals surface area contributed by atoms with E-state index in [9.17, 15) is 4.79 Å². The predicted molar refractivity (Wildman–Crippen MR) is 57.2 cm³/mol. The number of amides is 1. The van der Waals surface area contributed by atoms with Gasteiger partial charge >= 0.3 is 0 Å². The zero-order valence-electron chi connectivity index (χ0n) is 9.48. The van der Waals surface area contributed by atoms with Crippen LogP contribution in [0, 0.1) is 11.8 Å². The van der Waals surface area contributed by atoms with E-state index in [-0.39, 0.29) is 17.9 Å². The van der Waals surface area contributed by atoms with Crippen molar-refractivity contribution in [1.82, 2.24) is 4.90 Å². The summed E-state index contributed by atoms with van der Waals surface area (Å²) in [5.74, 6) is 0.692. The Morgan fingerprint density at radius 2 is 2.13 bits per heavy atom. The van der Waals surface area contributed by atoms with Crippen LogP contribution < -0.4 is 5.73 Å². The van der Waals surface area contributed by atoms with Gasteiger partial charge in [-0.1, -0.05) is 6.92 Å². The van der Waals surface area contributed by atoms with E-state index in [0.717, 1.165) is 13.0 Å². The van der Waals surface area contributed by atoms with Crippen molar-refractivity contribution < 1.29 is 9.53 Å². The van der Waals surface area contributed by atoms with Crippen LogP contribution in [0.3, 0.4) is 0 Å². The zero-order chi connectivity index (χ0) is 11.0. The second-order valence-electron chi connectivity index (χ2n) is 4.99. The van der Waals surface area contributed by atoms with Crippen LogP contribution in [0.1, 0.15) is 20.3 Å². The minimum absolute atomic E-state index is 0.111. The Morgan fingerprint density at radius 1 is 1.40 bits per heavy atom. The number of hydrogen-bond acceptors (Lipinski definition) is 3. The van der Waals surface area contributed by atoms with E-state index in [1.165, 1.54) is 0 Å². The molecule has 0 aromatic carbocycles. The highest BCUT2D eigenvalue weighted by Gasteiger charge is 2.38. The van der Waals surface area contributed by atoms with Gasteiger partial charge < -0.3 is 15.4 Å². The standard InChI is InChI=1S/C11H20N2O2/c1-7-3-8(2)13(4-7)11(14)9-5-15-6-10(9)12/h7-10H,3-6,12H2,1-2H3. The fourth-order valence-electron chi connectivity index (χ4n) is 2.65. The molecule has 2 heterocycles. The first-order valence-corrected chi connectivity index (χ1v) is 5.73. The van der Waals surface area contributed by atoms with Crippen LogP contribution in [-0.4, -0.2) is 42.6 Å². The molecule has 0 aliphatic carbocycles. The second kappa shape index (κ2) is 4.10. The molecule has 2 rings (SSSR count). The summed E-state index contributed by atoms with van der Waals surface area (Å²) in [5.41, 5.74) is 5.86. The number of ether oxygens (including phenoxy) is 1. The van der Waals surface area contributed by atoms with Crippen molar-refractivity contribution in [3.05, 3.63) is 0 Å². The lowest BCUT2D eigenvalue weighted by atomic mass is 10.0. The number of carbonyl (C=O) groups excluding carboxylic acids is 1.